The van der Waals surface area contributed by atoms with Crippen LogP contribution in [0.4, 0.5) is 0 Å². The molecule has 4 nitrogen and oxygen atoms in total. The lowest BCUT2D eigenvalue weighted by Gasteiger charge is -2.17. The standard InChI is InChI=1S/C15H28N4S.HI/c1-3-19(4-2)12-6-5-10-17-15(16)18-11-9-14-8-7-13-20-14;/h7-8,13H,3-6,9-12H2,1-2H3,(H3,16,17,18);1H. The van der Waals surface area contributed by atoms with Gasteiger partial charge in [-0.2, -0.15) is 0 Å². The number of thiophene rings is 1. The number of nitrogens with one attached hydrogen (secondary N) is 1. The topological polar surface area (TPSA) is 53.6 Å². The summed E-state index contributed by atoms with van der Waals surface area (Å²) in [5.41, 5.74) is 5.84. The minimum Gasteiger partial charge on any atom is -0.370 e. The second-order valence-electron chi connectivity index (χ2n) is 4.76. The maximum Gasteiger partial charge on any atom is 0.188 e. The van der Waals surface area contributed by atoms with E-state index >= 15 is 0 Å². The molecule has 0 saturated carbocycles. The van der Waals surface area contributed by atoms with Gasteiger partial charge in [-0.1, -0.05) is 19.9 Å². The van der Waals surface area contributed by atoms with E-state index in [2.05, 4.69) is 46.6 Å². The fourth-order valence-electron chi connectivity index (χ4n) is 2.01. The van der Waals surface area contributed by atoms with E-state index in [1.807, 2.05) is 0 Å². The molecule has 0 radical (unpaired) electrons. The number of nitrogens with two attached hydrogens (primary N) is 1. The van der Waals surface area contributed by atoms with Crippen molar-refractivity contribution in [2.24, 2.45) is 10.7 Å². The summed E-state index contributed by atoms with van der Waals surface area (Å²) < 4.78 is 0. The Morgan fingerprint density at radius 3 is 2.71 bits per heavy atom. The molecular weight excluding hydrogens is 395 g/mol. The van der Waals surface area contributed by atoms with Gasteiger partial charge >= 0.3 is 0 Å². The molecular formula is C15H29IN4S. The molecule has 1 rings (SSSR count). The Morgan fingerprint density at radius 1 is 1.33 bits per heavy atom. The van der Waals surface area contributed by atoms with Gasteiger partial charge in [-0.3, -0.25) is 4.99 Å². The minimum atomic E-state index is 0. The zero-order valence-corrected chi connectivity index (χ0v) is 16.3. The summed E-state index contributed by atoms with van der Waals surface area (Å²) in [6.45, 7) is 9.51. The second-order valence-corrected chi connectivity index (χ2v) is 5.79. The van der Waals surface area contributed by atoms with E-state index in [0.29, 0.717) is 5.96 Å². The number of rotatable bonds is 10. The lowest BCUT2D eigenvalue weighted by atomic mass is 10.3. The van der Waals surface area contributed by atoms with Crippen LogP contribution in [0.1, 0.15) is 31.6 Å². The summed E-state index contributed by atoms with van der Waals surface area (Å²) in [6.07, 6.45) is 3.30. The number of unbranched alkanes of at least 4 members (excludes halogenated alkanes) is 1. The number of aliphatic imine (C=N–C) groups is 1. The van der Waals surface area contributed by atoms with Crippen LogP contribution in [0.25, 0.3) is 0 Å². The molecule has 0 atom stereocenters. The summed E-state index contributed by atoms with van der Waals surface area (Å²) in [6, 6.07) is 4.22. The minimum absolute atomic E-state index is 0. The van der Waals surface area contributed by atoms with Crippen LogP contribution in [-0.2, 0) is 6.42 Å². The molecule has 0 aliphatic rings. The van der Waals surface area contributed by atoms with Crippen molar-refractivity contribution < 1.29 is 0 Å². The van der Waals surface area contributed by atoms with Crippen LogP contribution in [0.2, 0.25) is 0 Å². The number of guanidine groups is 1. The summed E-state index contributed by atoms with van der Waals surface area (Å²) in [5, 5.41) is 5.27. The molecule has 1 aromatic heterocycles. The smallest absolute Gasteiger partial charge is 0.188 e. The first kappa shape index (κ1) is 20.7. The normalized spacial score (nSPS) is 11.5. The van der Waals surface area contributed by atoms with Gasteiger partial charge in [-0.25, -0.2) is 0 Å². The summed E-state index contributed by atoms with van der Waals surface area (Å²) in [4.78, 5) is 8.18. The largest absolute Gasteiger partial charge is 0.370 e. The number of nitrogens with zero attached hydrogens (tertiary/aromatic N) is 2. The molecule has 6 heteroatoms. The third-order valence-electron chi connectivity index (χ3n) is 3.32. The Balaban J connectivity index is 0.00000400. The molecule has 0 aliphatic heterocycles. The van der Waals surface area contributed by atoms with E-state index < -0.39 is 0 Å². The van der Waals surface area contributed by atoms with E-state index in [4.69, 9.17) is 5.73 Å². The average Bonchev–Trinajstić information content (AvgIpc) is 2.96. The molecule has 0 bridgehead atoms. The van der Waals surface area contributed by atoms with Crippen molar-refractivity contribution in [1.82, 2.24) is 10.2 Å². The molecule has 122 valence electrons. The Bertz CT molecular complexity index is 364. The van der Waals surface area contributed by atoms with Crippen LogP contribution < -0.4 is 11.1 Å². The molecule has 21 heavy (non-hydrogen) atoms. The van der Waals surface area contributed by atoms with Crippen molar-refractivity contribution in [2.45, 2.75) is 33.1 Å². The summed E-state index contributed by atoms with van der Waals surface area (Å²) in [5.74, 6) is 0.574. The quantitative estimate of drug-likeness (QED) is 0.263. The Labute approximate surface area is 150 Å². The third-order valence-corrected chi connectivity index (χ3v) is 4.25. The maximum atomic E-state index is 5.84. The van der Waals surface area contributed by atoms with Crippen molar-refractivity contribution in [3.8, 4) is 0 Å². The first-order valence-electron chi connectivity index (χ1n) is 7.54. The number of hydrogen-bond donors (Lipinski definition) is 2. The predicted octanol–water partition coefficient (Wildman–Crippen LogP) is 2.93. The highest BCUT2D eigenvalue weighted by Crippen LogP contribution is 2.07. The molecule has 0 aromatic carbocycles. The highest BCUT2D eigenvalue weighted by atomic mass is 127. The Kier molecular flexibility index (Phi) is 13.1. The zero-order chi connectivity index (χ0) is 14.6. The van der Waals surface area contributed by atoms with Gasteiger partial charge in [-0.15, -0.1) is 35.3 Å². The first-order valence-corrected chi connectivity index (χ1v) is 8.42. The fourth-order valence-corrected chi connectivity index (χ4v) is 2.72. The van der Waals surface area contributed by atoms with Crippen LogP contribution in [0.5, 0.6) is 0 Å². The van der Waals surface area contributed by atoms with Crippen LogP contribution >= 0.6 is 35.3 Å². The van der Waals surface area contributed by atoms with Gasteiger partial charge in [0.1, 0.15) is 0 Å². The third kappa shape index (κ3) is 10.1. The number of hydrogen-bond acceptors (Lipinski definition) is 3. The number of halogens is 1. The molecule has 1 aromatic rings. The van der Waals surface area contributed by atoms with Crippen LogP contribution in [0.3, 0.4) is 0 Å². The van der Waals surface area contributed by atoms with Crippen LogP contribution in [-0.4, -0.2) is 43.6 Å². The molecule has 1 heterocycles. The SMILES string of the molecule is CCN(CC)CCCCN=C(N)NCCc1cccs1.I. The van der Waals surface area contributed by atoms with Crippen molar-refractivity contribution in [1.29, 1.82) is 0 Å². The molecule has 3 N–H and O–H groups in total. The molecule has 0 aliphatic carbocycles. The van der Waals surface area contributed by atoms with Crippen molar-refractivity contribution >= 4 is 41.3 Å². The maximum absolute atomic E-state index is 5.84. The Morgan fingerprint density at radius 2 is 2.10 bits per heavy atom. The van der Waals surface area contributed by atoms with Gasteiger partial charge in [-0.05, 0) is 50.3 Å². The van der Waals surface area contributed by atoms with Gasteiger partial charge in [0.2, 0.25) is 0 Å². The van der Waals surface area contributed by atoms with Crippen molar-refractivity contribution in [3.63, 3.8) is 0 Å². The molecule has 0 saturated heterocycles. The van der Waals surface area contributed by atoms with Gasteiger partial charge in [0.15, 0.2) is 5.96 Å². The van der Waals surface area contributed by atoms with Crippen molar-refractivity contribution in [2.75, 3.05) is 32.7 Å². The lowest BCUT2D eigenvalue weighted by molar-refractivity contribution is 0.297. The van der Waals surface area contributed by atoms with Gasteiger partial charge < -0.3 is 16.0 Å². The van der Waals surface area contributed by atoms with E-state index in [9.17, 15) is 0 Å². The fraction of sp³-hybridized carbons (Fsp3) is 0.667. The summed E-state index contributed by atoms with van der Waals surface area (Å²) >= 11 is 1.78. The van der Waals surface area contributed by atoms with E-state index in [0.717, 1.165) is 45.6 Å². The van der Waals surface area contributed by atoms with E-state index in [1.165, 1.54) is 11.3 Å². The van der Waals surface area contributed by atoms with Gasteiger partial charge in [0.25, 0.3) is 0 Å². The van der Waals surface area contributed by atoms with E-state index in [1.54, 1.807) is 11.3 Å². The molecule has 0 fully saturated rings. The van der Waals surface area contributed by atoms with E-state index in [-0.39, 0.29) is 24.0 Å². The first-order chi connectivity index (χ1) is 9.76. The lowest BCUT2D eigenvalue weighted by Crippen LogP contribution is -2.33. The van der Waals surface area contributed by atoms with Crippen LogP contribution in [0.15, 0.2) is 22.5 Å². The zero-order valence-electron chi connectivity index (χ0n) is 13.2. The molecule has 0 unspecified atom stereocenters. The van der Waals surface area contributed by atoms with Gasteiger partial charge in [0, 0.05) is 18.0 Å². The van der Waals surface area contributed by atoms with Crippen molar-refractivity contribution in [3.05, 3.63) is 22.4 Å². The van der Waals surface area contributed by atoms with Gasteiger partial charge in [0.05, 0.1) is 0 Å². The molecule has 0 amide bonds. The summed E-state index contributed by atoms with van der Waals surface area (Å²) in [7, 11) is 0. The highest BCUT2D eigenvalue weighted by Gasteiger charge is 1.98. The van der Waals surface area contributed by atoms with Crippen LogP contribution in [0, 0.1) is 0 Å². The highest BCUT2D eigenvalue weighted by molar-refractivity contribution is 14.0. The Hall–Kier alpha value is -0.340. The predicted molar refractivity (Wildman–Crippen MR) is 105 cm³/mol. The monoisotopic (exact) mass is 424 g/mol. The molecule has 0 spiro atoms. The average molecular weight is 424 g/mol. The second kappa shape index (κ2) is 13.3.